The summed E-state index contributed by atoms with van der Waals surface area (Å²) in [5.41, 5.74) is 1.41. The fraction of sp³-hybridized carbons (Fsp3) is 0.375. The van der Waals surface area contributed by atoms with Gasteiger partial charge in [-0.05, 0) is 38.6 Å². The van der Waals surface area contributed by atoms with Crippen molar-refractivity contribution in [2.75, 3.05) is 13.6 Å². The molecule has 1 aromatic carbocycles. The molecule has 0 spiro atoms. The third-order valence-electron chi connectivity index (χ3n) is 3.40. The predicted octanol–water partition coefficient (Wildman–Crippen LogP) is 2.78. The van der Waals surface area contributed by atoms with Gasteiger partial charge >= 0.3 is 0 Å². The van der Waals surface area contributed by atoms with E-state index in [1.807, 2.05) is 26.8 Å². The smallest absolute Gasteiger partial charge is 0.214 e. The van der Waals surface area contributed by atoms with Gasteiger partial charge in [-0.25, -0.2) is 26.3 Å². The molecular formula is C16H23ClN2O4S2. The molecule has 2 N–H and O–H groups in total. The lowest BCUT2D eigenvalue weighted by atomic mass is 9.99. The normalized spacial score (nSPS) is 13.3. The SMILES string of the molecule is C=CCNS(=O)(=O)c1cc(S(=O)(=O)NC)c(Cl)cc1C(C)C=C(C)C. The average molecular weight is 407 g/mol. The monoisotopic (exact) mass is 406 g/mol. The molecule has 0 amide bonds. The lowest BCUT2D eigenvalue weighted by Crippen LogP contribution is -2.26. The van der Waals surface area contributed by atoms with Crippen molar-refractivity contribution < 1.29 is 16.8 Å². The summed E-state index contributed by atoms with van der Waals surface area (Å²) in [6.07, 6.45) is 3.28. The Bertz CT molecular complexity index is 887. The Balaban J connectivity index is 3.76. The lowest BCUT2D eigenvalue weighted by Gasteiger charge is -2.17. The van der Waals surface area contributed by atoms with Crippen LogP contribution in [0.5, 0.6) is 0 Å². The number of hydrogen-bond donors (Lipinski definition) is 2. The van der Waals surface area contributed by atoms with E-state index in [0.717, 1.165) is 11.6 Å². The number of rotatable bonds is 8. The molecule has 0 fully saturated rings. The average Bonchev–Trinajstić information content (AvgIpc) is 2.51. The Hall–Kier alpha value is -1.19. The molecule has 0 radical (unpaired) electrons. The molecule has 0 bridgehead atoms. The quantitative estimate of drug-likeness (QED) is 0.649. The van der Waals surface area contributed by atoms with Crippen LogP contribution < -0.4 is 9.44 Å². The van der Waals surface area contributed by atoms with E-state index in [1.165, 1.54) is 19.2 Å². The van der Waals surface area contributed by atoms with Crippen molar-refractivity contribution in [2.24, 2.45) is 0 Å². The summed E-state index contributed by atoms with van der Waals surface area (Å²) in [5.74, 6) is -0.274. The Morgan fingerprint density at radius 3 is 2.28 bits per heavy atom. The van der Waals surface area contributed by atoms with Gasteiger partial charge in [0, 0.05) is 12.5 Å². The fourth-order valence-corrected chi connectivity index (χ4v) is 4.97. The van der Waals surface area contributed by atoms with E-state index >= 15 is 0 Å². The molecule has 0 aliphatic rings. The van der Waals surface area contributed by atoms with Crippen molar-refractivity contribution in [3.63, 3.8) is 0 Å². The second-order valence-electron chi connectivity index (χ2n) is 5.70. The molecule has 0 saturated heterocycles. The van der Waals surface area contributed by atoms with Gasteiger partial charge in [-0.1, -0.05) is 36.2 Å². The third-order valence-corrected chi connectivity index (χ3v) is 6.76. The molecule has 1 unspecified atom stereocenters. The molecule has 0 heterocycles. The maximum absolute atomic E-state index is 12.6. The summed E-state index contributed by atoms with van der Waals surface area (Å²) in [4.78, 5) is -0.415. The highest BCUT2D eigenvalue weighted by atomic mass is 35.5. The summed E-state index contributed by atoms with van der Waals surface area (Å²) < 4.78 is 54.1. The van der Waals surface area contributed by atoms with Crippen molar-refractivity contribution in [1.29, 1.82) is 0 Å². The molecule has 0 saturated carbocycles. The van der Waals surface area contributed by atoms with Gasteiger partial charge in [-0.15, -0.1) is 6.58 Å². The van der Waals surface area contributed by atoms with Gasteiger partial charge in [-0.3, -0.25) is 0 Å². The van der Waals surface area contributed by atoms with E-state index in [1.54, 1.807) is 0 Å². The zero-order valence-electron chi connectivity index (χ0n) is 14.6. The Morgan fingerprint density at radius 2 is 1.80 bits per heavy atom. The summed E-state index contributed by atoms with van der Waals surface area (Å²) in [5, 5.41) is -0.0407. The van der Waals surface area contributed by atoms with Crippen LogP contribution >= 0.6 is 11.6 Å². The topological polar surface area (TPSA) is 92.3 Å². The summed E-state index contributed by atoms with van der Waals surface area (Å²) >= 11 is 6.13. The van der Waals surface area contributed by atoms with Crippen LogP contribution in [0.4, 0.5) is 0 Å². The van der Waals surface area contributed by atoms with Gasteiger partial charge in [0.15, 0.2) is 0 Å². The van der Waals surface area contributed by atoms with Crippen LogP contribution in [0.15, 0.2) is 46.2 Å². The number of nitrogens with one attached hydrogen (secondary N) is 2. The van der Waals surface area contributed by atoms with Crippen LogP contribution in [0.3, 0.4) is 0 Å². The first-order valence-electron chi connectivity index (χ1n) is 7.48. The molecule has 9 heteroatoms. The van der Waals surface area contributed by atoms with Gasteiger partial charge in [0.1, 0.15) is 4.90 Å². The van der Waals surface area contributed by atoms with Gasteiger partial charge < -0.3 is 0 Å². The van der Waals surface area contributed by atoms with E-state index in [-0.39, 0.29) is 27.3 Å². The highest BCUT2D eigenvalue weighted by Gasteiger charge is 2.26. The van der Waals surface area contributed by atoms with Crippen LogP contribution in [0.25, 0.3) is 0 Å². The zero-order chi connectivity index (χ0) is 19.4. The Morgan fingerprint density at radius 1 is 1.20 bits per heavy atom. The zero-order valence-corrected chi connectivity index (χ0v) is 17.0. The highest BCUT2D eigenvalue weighted by Crippen LogP contribution is 2.33. The van der Waals surface area contributed by atoms with Crippen molar-refractivity contribution in [2.45, 2.75) is 36.5 Å². The van der Waals surface area contributed by atoms with Crippen molar-refractivity contribution in [3.8, 4) is 0 Å². The van der Waals surface area contributed by atoms with Crippen molar-refractivity contribution >= 4 is 31.6 Å². The van der Waals surface area contributed by atoms with Gasteiger partial charge in [0.05, 0.1) is 9.92 Å². The van der Waals surface area contributed by atoms with E-state index in [9.17, 15) is 16.8 Å². The molecule has 0 aliphatic carbocycles. The minimum atomic E-state index is -3.94. The Kier molecular flexibility index (Phi) is 7.40. The maximum Gasteiger partial charge on any atom is 0.241 e. The van der Waals surface area contributed by atoms with Crippen LogP contribution in [-0.2, 0) is 20.0 Å². The first-order chi connectivity index (χ1) is 11.5. The first-order valence-corrected chi connectivity index (χ1v) is 10.8. The van der Waals surface area contributed by atoms with Crippen molar-refractivity contribution in [1.82, 2.24) is 9.44 Å². The largest absolute Gasteiger partial charge is 0.241 e. The van der Waals surface area contributed by atoms with Gasteiger partial charge in [0.25, 0.3) is 0 Å². The van der Waals surface area contributed by atoms with Crippen LogP contribution in [-0.4, -0.2) is 30.4 Å². The van der Waals surface area contributed by atoms with E-state index in [4.69, 9.17) is 11.6 Å². The summed E-state index contributed by atoms with van der Waals surface area (Å²) in [7, 11) is -6.62. The Labute approximate surface area is 155 Å². The van der Waals surface area contributed by atoms with Crippen molar-refractivity contribution in [3.05, 3.63) is 47.0 Å². The molecule has 1 atom stereocenters. The minimum Gasteiger partial charge on any atom is -0.214 e. The number of sulfonamides is 2. The number of allylic oxidation sites excluding steroid dienone is 2. The number of hydrogen-bond acceptors (Lipinski definition) is 4. The van der Waals surface area contributed by atoms with Gasteiger partial charge in [0.2, 0.25) is 20.0 Å². The summed E-state index contributed by atoms with van der Waals surface area (Å²) in [6.45, 7) is 9.10. The van der Waals surface area contributed by atoms with E-state index < -0.39 is 20.0 Å². The van der Waals surface area contributed by atoms with Crippen LogP contribution in [0, 0.1) is 0 Å². The molecular weight excluding hydrogens is 384 g/mol. The highest BCUT2D eigenvalue weighted by molar-refractivity contribution is 7.90. The standard InChI is InChI=1S/C16H23ClN2O4S2/c1-6-7-19-25(22,23)15-10-16(24(20,21)18-5)14(17)9-13(15)12(4)8-11(2)3/h6,8-10,12,18-19H,1,7H2,2-5H3. The molecule has 25 heavy (non-hydrogen) atoms. The molecule has 140 valence electrons. The second kappa shape index (κ2) is 8.46. The number of benzene rings is 1. The molecule has 1 aromatic rings. The summed E-state index contributed by atoms with van der Waals surface area (Å²) in [6, 6.07) is 2.47. The van der Waals surface area contributed by atoms with Crippen LogP contribution in [0.2, 0.25) is 5.02 Å². The fourth-order valence-electron chi connectivity index (χ4n) is 2.29. The molecule has 6 nitrogen and oxygen atoms in total. The second-order valence-corrected chi connectivity index (χ2v) is 9.70. The maximum atomic E-state index is 12.6. The minimum absolute atomic E-state index is 0.0233. The molecule has 1 rings (SSSR count). The predicted molar refractivity (Wildman–Crippen MR) is 101 cm³/mol. The first kappa shape index (κ1) is 21.9. The number of halogens is 1. The lowest BCUT2D eigenvalue weighted by molar-refractivity contribution is 0.582. The van der Waals surface area contributed by atoms with E-state index in [0.29, 0.717) is 5.56 Å². The molecule has 0 aliphatic heterocycles. The van der Waals surface area contributed by atoms with Crippen LogP contribution in [0.1, 0.15) is 32.3 Å². The van der Waals surface area contributed by atoms with E-state index in [2.05, 4.69) is 16.0 Å². The van der Waals surface area contributed by atoms with Gasteiger partial charge in [-0.2, -0.15) is 0 Å². The molecule has 0 aromatic heterocycles. The third kappa shape index (κ3) is 5.39.